The fraction of sp³-hybridized carbons (Fsp3) is 0.308. The molecule has 2 rings (SSSR count). The zero-order valence-electron chi connectivity index (χ0n) is 9.04. The van der Waals surface area contributed by atoms with Crippen LogP contribution in [0.25, 0.3) is 0 Å². The van der Waals surface area contributed by atoms with E-state index in [2.05, 4.69) is 4.98 Å². The van der Waals surface area contributed by atoms with Gasteiger partial charge in [0.25, 0.3) is 0 Å². The van der Waals surface area contributed by atoms with Gasteiger partial charge in [0.2, 0.25) is 0 Å². The summed E-state index contributed by atoms with van der Waals surface area (Å²) < 4.78 is 0. The molecule has 0 aliphatic carbocycles. The van der Waals surface area contributed by atoms with Crippen LogP contribution in [-0.2, 0) is 6.42 Å². The van der Waals surface area contributed by atoms with Gasteiger partial charge in [-0.25, -0.2) is 4.98 Å². The van der Waals surface area contributed by atoms with Gasteiger partial charge in [-0.15, -0.1) is 11.3 Å². The first-order valence-electron chi connectivity index (χ1n) is 5.47. The molecule has 84 valence electrons. The van der Waals surface area contributed by atoms with Crippen molar-refractivity contribution >= 4 is 11.3 Å². The molecule has 0 fully saturated rings. The molecule has 2 aromatic rings. The van der Waals surface area contributed by atoms with Gasteiger partial charge in [0, 0.05) is 11.6 Å². The van der Waals surface area contributed by atoms with Gasteiger partial charge in [0.1, 0.15) is 0 Å². The van der Waals surface area contributed by atoms with Crippen LogP contribution in [0.2, 0.25) is 0 Å². The Kier molecular flexibility index (Phi) is 4.08. The SMILES string of the molecule is OC(CCCc1nccs1)c1ccccc1. The first kappa shape index (κ1) is 11.3. The van der Waals surface area contributed by atoms with Gasteiger partial charge in [-0.3, -0.25) is 0 Å². The van der Waals surface area contributed by atoms with Crippen molar-refractivity contribution in [3.63, 3.8) is 0 Å². The van der Waals surface area contributed by atoms with Crippen LogP contribution in [0.15, 0.2) is 41.9 Å². The van der Waals surface area contributed by atoms with Crippen LogP contribution in [-0.4, -0.2) is 10.1 Å². The van der Waals surface area contributed by atoms with E-state index in [1.165, 1.54) is 0 Å². The molecule has 1 aromatic heterocycles. The van der Waals surface area contributed by atoms with Crippen LogP contribution >= 0.6 is 11.3 Å². The normalized spacial score (nSPS) is 12.6. The lowest BCUT2D eigenvalue weighted by Gasteiger charge is -2.09. The highest BCUT2D eigenvalue weighted by Gasteiger charge is 2.06. The molecule has 1 heterocycles. The lowest BCUT2D eigenvalue weighted by Crippen LogP contribution is -1.97. The Morgan fingerprint density at radius 1 is 1.25 bits per heavy atom. The third-order valence-corrected chi connectivity index (χ3v) is 3.38. The van der Waals surface area contributed by atoms with Crippen LogP contribution in [0.4, 0.5) is 0 Å². The van der Waals surface area contributed by atoms with Crippen molar-refractivity contribution in [1.29, 1.82) is 0 Å². The largest absolute Gasteiger partial charge is 0.388 e. The van der Waals surface area contributed by atoms with E-state index in [1.54, 1.807) is 11.3 Å². The summed E-state index contributed by atoms with van der Waals surface area (Å²) in [4.78, 5) is 4.22. The molecular weight excluding hydrogens is 218 g/mol. The van der Waals surface area contributed by atoms with Crippen molar-refractivity contribution in [3.05, 3.63) is 52.5 Å². The summed E-state index contributed by atoms with van der Waals surface area (Å²) in [5.41, 5.74) is 1.00. The maximum absolute atomic E-state index is 9.93. The Morgan fingerprint density at radius 3 is 2.75 bits per heavy atom. The van der Waals surface area contributed by atoms with Gasteiger partial charge in [0.15, 0.2) is 0 Å². The number of thiazole rings is 1. The number of aryl methyl sites for hydroxylation is 1. The second kappa shape index (κ2) is 5.77. The van der Waals surface area contributed by atoms with E-state index in [4.69, 9.17) is 0 Å². The number of rotatable bonds is 5. The zero-order chi connectivity index (χ0) is 11.2. The van der Waals surface area contributed by atoms with Gasteiger partial charge >= 0.3 is 0 Å². The topological polar surface area (TPSA) is 33.1 Å². The lowest BCUT2D eigenvalue weighted by atomic mass is 10.0. The van der Waals surface area contributed by atoms with E-state index in [9.17, 15) is 5.11 Å². The highest BCUT2D eigenvalue weighted by molar-refractivity contribution is 7.09. The second-order valence-electron chi connectivity index (χ2n) is 3.74. The maximum Gasteiger partial charge on any atom is 0.0924 e. The Morgan fingerprint density at radius 2 is 2.06 bits per heavy atom. The highest BCUT2D eigenvalue weighted by atomic mass is 32.1. The molecule has 0 saturated heterocycles. The summed E-state index contributed by atoms with van der Waals surface area (Å²) in [6.07, 6.45) is 4.21. The van der Waals surface area contributed by atoms with Gasteiger partial charge in [-0.05, 0) is 24.8 Å². The Hall–Kier alpha value is -1.19. The molecule has 16 heavy (non-hydrogen) atoms. The van der Waals surface area contributed by atoms with Crippen LogP contribution in [0.5, 0.6) is 0 Å². The Bertz CT molecular complexity index is 399. The Labute approximate surface area is 99.6 Å². The van der Waals surface area contributed by atoms with Crippen molar-refractivity contribution in [2.24, 2.45) is 0 Å². The molecule has 0 spiro atoms. The van der Waals surface area contributed by atoms with Gasteiger partial charge in [0.05, 0.1) is 11.1 Å². The van der Waals surface area contributed by atoms with E-state index in [1.807, 2.05) is 41.9 Å². The van der Waals surface area contributed by atoms with Gasteiger partial charge < -0.3 is 5.11 Å². The monoisotopic (exact) mass is 233 g/mol. The molecule has 0 saturated carbocycles. The third-order valence-electron chi connectivity index (χ3n) is 2.54. The minimum absolute atomic E-state index is 0.346. The molecule has 0 aliphatic heterocycles. The quantitative estimate of drug-likeness (QED) is 0.860. The fourth-order valence-corrected chi connectivity index (χ4v) is 2.33. The van der Waals surface area contributed by atoms with Crippen LogP contribution in [0, 0.1) is 0 Å². The van der Waals surface area contributed by atoms with Crippen molar-refractivity contribution < 1.29 is 5.11 Å². The highest BCUT2D eigenvalue weighted by Crippen LogP contribution is 2.19. The van der Waals surface area contributed by atoms with Gasteiger partial charge in [-0.2, -0.15) is 0 Å². The van der Waals surface area contributed by atoms with Crippen LogP contribution < -0.4 is 0 Å². The number of hydrogen-bond acceptors (Lipinski definition) is 3. The summed E-state index contributed by atoms with van der Waals surface area (Å²) in [7, 11) is 0. The number of nitrogens with zero attached hydrogens (tertiary/aromatic N) is 1. The molecule has 1 aromatic carbocycles. The first-order valence-corrected chi connectivity index (χ1v) is 6.35. The number of aromatic nitrogens is 1. The van der Waals surface area contributed by atoms with Crippen molar-refractivity contribution in [1.82, 2.24) is 4.98 Å². The number of hydrogen-bond donors (Lipinski definition) is 1. The lowest BCUT2D eigenvalue weighted by molar-refractivity contribution is 0.164. The van der Waals surface area contributed by atoms with Crippen molar-refractivity contribution in [2.75, 3.05) is 0 Å². The van der Waals surface area contributed by atoms with Crippen molar-refractivity contribution in [2.45, 2.75) is 25.4 Å². The van der Waals surface area contributed by atoms with Gasteiger partial charge in [-0.1, -0.05) is 30.3 Å². The van der Waals surface area contributed by atoms with Crippen LogP contribution in [0.3, 0.4) is 0 Å². The number of aliphatic hydroxyl groups is 1. The molecule has 1 N–H and O–H groups in total. The van der Waals surface area contributed by atoms with Crippen molar-refractivity contribution in [3.8, 4) is 0 Å². The second-order valence-corrected chi connectivity index (χ2v) is 4.72. The maximum atomic E-state index is 9.93. The predicted octanol–water partition coefficient (Wildman–Crippen LogP) is 3.20. The number of benzene rings is 1. The fourth-order valence-electron chi connectivity index (χ4n) is 1.66. The third kappa shape index (κ3) is 3.15. The van der Waals surface area contributed by atoms with E-state index >= 15 is 0 Å². The number of aliphatic hydroxyl groups excluding tert-OH is 1. The molecular formula is C13H15NOS. The summed E-state index contributed by atoms with van der Waals surface area (Å²) in [6, 6.07) is 9.81. The smallest absolute Gasteiger partial charge is 0.0924 e. The first-order chi connectivity index (χ1) is 7.86. The predicted molar refractivity (Wildman–Crippen MR) is 66.5 cm³/mol. The average molecular weight is 233 g/mol. The van der Waals surface area contributed by atoms with E-state index in [-0.39, 0.29) is 6.10 Å². The molecule has 0 radical (unpaired) electrons. The molecule has 0 amide bonds. The molecule has 3 heteroatoms. The van der Waals surface area contributed by atoms with E-state index in [0.717, 1.165) is 29.8 Å². The van der Waals surface area contributed by atoms with E-state index < -0.39 is 0 Å². The summed E-state index contributed by atoms with van der Waals surface area (Å²) in [5.74, 6) is 0. The molecule has 0 aliphatic rings. The summed E-state index contributed by atoms with van der Waals surface area (Å²) >= 11 is 1.68. The minimum Gasteiger partial charge on any atom is -0.388 e. The average Bonchev–Trinajstić information content (AvgIpc) is 2.83. The Balaban J connectivity index is 1.78. The molecule has 2 nitrogen and oxygen atoms in total. The van der Waals surface area contributed by atoms with E-state index in [0.29, 0.717) is 0 Å². The standard InChI is InChI=1S/C13H15NOS/c15-12(11-5-2-1-3-6-11)7-4-8-13-14-9-10-16-13/h1-3,5-6,9-10,12,15H,4,7-8H2. The minimum atomic E-state index is -0.346. The zero-order valence-corrected chi connectivity index (χ0v) is 9.86. The summed E-state index contributed by atoms with van der Waals surface area (Å²) in [6.45, 7) is 0. The summed E-state index contributed by atoms with van der Waals surface area (Å²) in [5, 5.41) is 13.1. The molecule has 0 bridgehead atoms. The molecule has 1 unspecified atom stereocenters. The molecule has 1 atom stereocenters. The van der Waals surface area contributed by atoms with Crippen LogP contribution in [0.1, 0.15) is 29.5 Å².